The standard InChI is InChI=1S/C19H21BrN2O5/c1-25-12-5-6-13(16(10-12)26-2)14-4-3-9-22(14)18(23)11-21-19(24)15-7-8-17(20)27-15/h5-8,10,14H,3-4,9,11H2,1-2H3,(H,21,24). The molecule has 1 aliphatic rings. The van der Waals surface area contributed by atoms with Crippen LogP contribution in [-0.4, -0.2) is 44.0 Å². The fraction of sp³-hybridized carbons (Fsp3) is 0.368. The topological polar surface area (TPSA) is 81.0 Å². The Morgan fingerprint density at radius 1 is 1.26 bits per heavy atom. The van der Waals surface area contributed by atoms with E-state index in [-0.39, 0.29) is 24.3 Å². The van der Waals surface area contributed by atoms with E-state index in [2.05, 4.69) is 21.2 Å². The molecule has 27 heavy (non-hydrogen) atoms. The molecular formula is C19H21BrN2O5. The molecule has 1 atom stereocenters. The van der Waals surface area contributed by atoms with Crippen molar-refractivity contribution in [2.45, 2.75) is 18.9 Å². The van der Waals surface area contributed by atoms with E-state index < -0.39 is 5.91 Å². The zero-order valence-electron chi connectivity index (χ0n) is 15.2. The lowest BCUT2D eigenvalue weighted by Crippen LogP contribution is -2.39. The maximum atomic E-state index is 12.7. The van der Waals surface area contributed by atoms with Crippen molar-refractivity contribution in [1.82, 2.24) is 10.2 Å². The van der Waals surface area contributed by atoms with Crippen LogP contribution < -0.4 is 14.8 Å². The van der Waals surface area contributed by atoms with Gasteiger partial charge < -0.3 is 24.1 Å². The van der Waals surface area contributed by atoms with Crippen LogP contribution in [0.1, 0.15) is 35.0 Å². The van der Waals surface area contributed by atoms with Crippen molar-refractivity contribution >= 4 is 27.7 Å². The second-order valence-electron chi connectivity index (χ2n) is 6.14. The van der Waals surface area contributed by atoms with Gasteiger partial charge in [-0.3, -0.25) is 9.59 Å². The highest BCUT2D eigenvalue weighted by molar-refractivity contribution is 9.10. The predicted octanol–water partition coefficient (Wildman–Crippen LogP) is 3.15. The summed E-state index contributed by atoms with van der Waals surface area (Å²) in [4.78, 5) is 26.5. The summed E-state index contributed by atoms with van der Waals surface area (Å²) >= 11 is 3.15. The molecule has 1 aromatic heterocycles. The number of hydrogen-bond donors (Lipinski definition) is 1. The molecule has 1 aliphatic heterocycles. The number of carbonyl (C=O) groups excluding carboxylic acids is 2. The molecule has 0 spiro atoms. The number of likely N-dealkylation sites (tertiary alicyclic amines) is 1. The molecule has 0 aliphatic carbocycles. The molecule has 1 N–H and O–H groups in total. The molecule has 1 saturated heterocycles. The minimum Gasteiger partial charge on any atom is -0.497 e. The van der Waals surface area contributed by atoms with Crippen LogP contribution in [0.25, 0.3) is 0 Å². The number of methoxy groups -OCH3 is 2. The van der Waals surface area contributed by atoms with Gasteiger partial charge >= 0.3 is 0 Å². The minimum atomic E-state index is -0.424. The van der Waals surface area contributed by atoms with Crippen molar-refractivity contribution in [1.29, 1.82) is 0 Å². The van der Waals surface area contributed by atoms with Gasteiger partial charge in [-0.2, -0.15) is 0 Å². The number of benzene rings is 1. The summed E-state index contributed by atoms with van der Waals surface area (Å²) in [5, 5.41) is 2.61. The number of carbonyl (C=O) groups is 2. The van der Waals surface area contributed by atoms with Gasteiger partial charge in [-0.05, 0) is 53.0 Å². The van der Waals surface area contributed by atoms with Crippen molar-refractivity contribution in [3.63, 3.8) is 0 Å². The molecule has 2 heterocycles. The highest BCUT2D eigenvalue weighted by Crippen LogP contribution is 2.38. The summed E-state index contributed by atoms with van der Waals surface area (Å²) in [6, 6.07) is 8.68. The van der Waals surface area contributed by atoms with Gasteiger partial charge in [0.1, 0.15) is 11.5 Å². The van der Waals surface area contributed by atoms with Crippen molar-refractivity contribution < 1.29 is 23.5 Å². The van der Waals surface area contributed by atoms with Crippen LogP contribution in [0.15, 0.2) is 39.4 Å². The lowest BCUT2D eigenvalue weighted by molar-refractivity contribution is -0.131. The van der Waals surface area contributed by atoms with Crippen LogP contribution in [0.4, 0.5) is 0 Å². The highest BCUT2D eigenvalue weighted by Gasteiger charge is 2.32. The first kappa shape index (κ1) is 19.3. The molecule has 2 aromatic rings. The van der Waals surface area contributed by atoms with E-state index in [1.54, 1.807) is 31.3 Å². The molecule has 0 saturated carbocycles. The Morgan fingerprint density at radius 3 is 2.74 bits per heavy atom. The van der Waals surface area contributed by atoms with Gasteiger partial charge in [-0.1, -0.05) is 0 Å². The molecule has 8 heteroatoms. The Bertz CT molecular complexity index is 835. The molecule has 0 bridgehead atoms. The second-order valence-corrected chi connectivity index (χ2v) is 6.92. The number of nitrogens with one attached hydrogen (secondary N) is 1. The fourth-order valence-electron chi connectivity index (χ4n) is 3.26. The third-order valence-corrected chi connectivity index (χ3v) is 5.00. The molecule has 2 amide bonds. The van der Waals surface area contributed by atoms with E-state index in [9.17, 15) is 9.59 Å². The van der Waals surface area contributed by atoms with Gasteiger partial charge in [-0.25, -0.2) is 0 Å². The molecular weight excluding hydrogens is 416 g/mol. The first-order chi connectivity index (χ1) is 13.0. The third kappa shape index (κ3) is 4.27. The summed E-state index contributed by atoms with van der Waals surface area (Å²) in [5.41, 5.74) is 0.936. The quantitative estimate of drug-likeness (QED) is 0.751. The first-order valence-electron chi connectivity index (χ1n) is 8.58. The Balaban J connectivity index is 1.68. The van der Waals surface area contributed by atoms with Crippen LogP contribution >= 0.6 is 15.9 Å². The van der Waals surface area contributed by atoms with E-state index in [4.69, 9.17) is 13.9 Å². The summed E-state index contributed by atoms with van der Waals surface area (Å²) in [5.74, 6) is 0.970. The zero-order valence-corrected chi connectivity index (χ0v) is 16.7. The van der Waals surface area contributed by atoms with Crippen molar-refractivity contribution in [3.8, 4) is 11.5 Å². The van der Waals surface area contributed by atoms with Crippen molar-refractivity contribution in [3.05, 3.63) is 46.3 Å². The van der Waals surface area contributed by atoms with Crippen LogP contribution in [-0.2, 0) is 4.79 Å². The van der Waals surface area contributed by atoms with Gasteiger partial charge in [0.15, 0.2) is 10.4 Å². The maximum absolute atomic E-state index is 12.7. The van der Waals surface area contributed by atoms with Gasteiger partial charge in [-0.15, -0.1) is 0 Å². The molecule has 3 rings (SSSR count). The molecule has 1 unspecified atom stereocenters. The van der Waals surface area contributed by atoms with Gasteiger partial charge in [0, 0.05) is 18.2 Å². The Labute approximate surface area is 165 Å². The van der Waals surface area contributed by atoms with Crippen LogP contribution in [0.5, 0.6) is 11.5 Å². The van der Waals surface area contributed by atoms with Crippen molar-refractivity contribution in [2.24, 2.45) is 0 Å². The fourth-order valence-corrected chi connectivity index (χ4v) is 3.57. The summed E-state index contributed by atoms with van der Waals surface area (Å²) in [6.07, 6.45) is 1.73. The average molecular weight is 437 g/mol. The van der Waals surface area contributed by atoms with Gasteiger partial charge in [0.05, 0.1) is 26.8 Å². The Kier molecular flexibility index (Phi) is 6.05. The largest absolute Gasteiger partial charge is 0.497 e. The number of furan rings is 1. The van der Waals surface area contributed by atoms with Crippen LogP contribution in [0.3, 0.4) is 0 Å². The first-order valence-corrected chi connectivity index (χ1v) is 9.37. The summed E-state index contributed by atoms with van der Waals surface area (Å²) < 4.78 is 16.4. The van der Waals surface area contributed by atoms with Crippen molar-refractivity contribution in [2.75, 3.05) is 27.3 Å². The average Bonchev–Trinajstić information content (AvgIpc) is 3.34. The van der Waals surface area contributed by atoms with Gasteiger partial charge in [0.25, 0.3) is 5.91 Å². The van der Waals surface area contributed by atoms with E-state index in [0.717, 1.165) is 18.4 Å². The predicted molar refractivity (Wildman–Crippen MR) is 102 cm³/mol. The molecule has 144 valence electrons. The second kappa shape index (κ2) is 8.47. The number of halogens is 1. The van der Waals surface area contributed by atoms with Gasteiger partial charge in [0.2, 0.25) is 5.91 Å². The normalized spacial score (nSPS) is 16.3. The summed E-state index contributed by atoms with van der Waals surface area (Å²) in [6.45, 7) is 0.549. The molecule has 7 nitrogen and oxygen atoms in total. The zero-order chi connectivity index (χ0) is 19.4. The number of amides is 2. The monoisotopic (exact) mass is 436 g/mol. The summed E-state index contributed by atoms with van der Waals surface area (Å²) in [7, 11) is 3.20. The number of ether oxygens (including phenoxy) is 2. The van der Waals surface area contributed by atoms with E-state index >= 15 is 0 Å². The minimum absolute atomic E-state index is 0.0898. The van der Waals surface area contributed by atoms with E-state index in [1.165, 1.54) is 0 Å². The maximum Gasteiger partial charge on any atom is 0.287 e. The Hall–Kier alpha value is -2.48. The van der Waals surface area contributed by atoms with Crippen LogP contribution in [0, 0.1) is 0 Å². The van der Waals surface area contributed by atoms with E-state index in [0.29, 0.717) is 22.7 Å². The Morgan fingerprint density at radius 2 is 2.07 bits per heavy atom. The molecule has 0 radical (unpaired) electrons. The number of rotatable bonds is 6. The molecule has 1 fully saturated rings. The number of nitrogens with zero attached hydrogens (tertiary/aromatic N) is 1. The highest BCUT2D eigenvalue weighted by atomic mass is 79.9. The third-order valence-electron chi connectivity index (χ3n) is 4.57. The SMILES string of the molecule is COc1ccc(C2CCCN2C(=O)CNC(=O)c2ccc(Br)o2)c(OC)c1. The smallest absolute Gasteiger partial charge is 0.287 e. The molecule has 1 aromatic carbocycles. The van der Waals surface area contributed by atoms with E-state index in [1.807, 2.05) is 18.2 Å². The van der Waals surface area contributed by atoms with Crippen LogP contribution in [0.2, 0.25) is 0 Å². The number of hydrogen-bond acceptors (Lipinski definition) is 5. The lowest BCUT2D eigenvalue weighted by atomic mass is 10.0. The lowest BCUT2D eigenvalue weighted by Gasteiger charge is -2.26.